The topological polar surface area (TPSA) is 54.4 Å². The maximum Gasteiger partial charge on any atom is 0.313 e. The molecule has 0 spiro atoms. The van der Waals surface area contributed by atoms with Crippen molar-refractivity contribution in [2.75, 3.05) is 5.75 Å². The fourth-order valence-electron chi connectivity index (χ4n) is 2.21. The lowest BCUT2D eigenvalue weighted by molar-refractivity contribution is -0.133. The van der Waals surface area contributed by atoms with E-state index in [2.05, 4.69) is 0 Å². The molecule has 0 aromatic heterocycles. The molecule has 0 saturated heterocycles. The third-order valence-electron chi connectivity index (χ3n) is 3.21. The highest BCUT2D eigenvalue weighted by Crippen LogP contribution is 2.36. The van der Waals surface area contributed by atoms with Crippen LogP contribution in [-0.4, -0.2) is 22.6 Å². The van der Waals surface area contributed by atoms with E-state index in [1.54, 1.807) is 17.8 Å². The van der Waals surface area contributed by atoms with Gasteiger partial charge in [-0.1, -0.05) is 24.3 Å². The van der Waals surface area contributed by atoms with Crippen LogP contribution in [0, 0.1) is 0 Å². The largest absolute Gasteiger partial charge is 0.481 e. The smallest absolute Gasteiger partial charge is 0.313 e. The first-order valence-corrected chi connectivity index (χ1v) is 8.36. The molecule has 2 aromatic rings. The van der Waals surface area contributed by atoms with Crippen molar-refractivity contribution in [2.45, 2.75) is 15.5 Å². The Morgan fingerprint density at radius 3 is 2.81 bits per heavy atom. The van der Waals surface area contributed by atoms with Crippen LogP contribution in [0.2, 0.25) is 0 Å². The van der Waals surface area contributed by atoms with Crippen LogP contribution in [0.5, 0.6) is 0 Å². The van der Waals surface area contributed by atoms with Crippen LogP contribution in [0.3, 0.4) is 0 Å². The molecule has 0 radical (unpaired) electrons. The number of carboxylic acid groups (broad SMARTS) is 1. The Morgan fingerprint density at radius 1 is 1.19 bits per heavy atom. The molecule has 1 N–H and O–H groups in total. The number of carbonyl (C=O) groups excluding carboxylic acids is 1. The van der Waals surface area contributed by atoms with E-state index >= 15 is 0 Å². The fraction of sp³-hybridized carbons (Fsp3) is 0.125. The minimum Gasteiger partial charge on any atom is -0.481 e. The van der Waals surface area contributed by atoms with Gasteiger partial charge in [0.25, 0.3) is 0 Å². The molecule has 5 heteroatoms. The standard InChI is InChI=1S/C16H12O3S2/c17-15(18)9-20-11-5-6-13-14(7-11)21-8-10-3-1-2-4-12(10)16(13)19/h1-7H,8-9H2,(H,17,18). The van der Waals surface area contributed by atoms with Crippen LogP contribution >= 0.6 is 23.5 Å². The summed E-state index contributed by atoms with van der Waals surface area (Å²) in [6, 6.07) is 13.2. The van der Waals surface area contributed by atoms with Gasteiger partial charge in [0.1, 0.15) is 0 Å². The number of carbonyl (C=O) groups is 2. The van der Waals surface area contributed by atoms with Gasteiger partial charge in [-0.05, 0) is 23.8 Å². The predicted molar refractivity (Wildman–Crippen MR) is 84.2 cm³/mol. The van der Waals surface area contributed by atoms with Crippen molar-refractivity contribution in [2.24, 2.45) is 0 Å². The first-order valence-electron chi connectivity index (χ1n) is 6.39. The van der Waals surface area contributed by atoms with Crippen molar-refractivity contribution in [3.63, 3.8) is 0 Å². The van der Waals surface area contributed by atoms with Crippen molar-refractivity contribution in [3.05, 3.63) is 59.2 Å². The van der Waals surface area contributed by atoms with Gasteiger partial charge in [-0.3, -0.25) is 9.59 Å². The number of carboxylic acids is 1. The Hall–Kier alpha value is -1.72. The summed E-state index contributed by atoms with van der Waals surface area (Å²) in [6.07, 6.45) is 0. The summed E-state index contributed by atoms with van der Waals surface area (Å²) in [7, 11) is 0. The summed E-state index contributed by atoms with van der Waals surface area (Å²) in [5, 5.41) is 8.74. The van der Waals surface area contributed by atoms with Gasteiger partial charge in [0.2, 0.25) is 0 Å². The van der Waals surface area contributed by atoms with E-state index < -0.39 is 5.97 Å². The van der Waals surface area contributed by atoms with Crippen LogP contribution in [0.15, 0.2) is 52.3 Å². The molecule has 0 unspecified atom stereocenters. The van der Waals surface area contributed by atoms with Crippen LogP contribution in [0.1, 0.15) is 21.5 Å². The van der Waals surface area contributed by atoms with Crippen LogP contribution in [0.4, 0.5) is 0 Å². The first-order chi connectivity index (χ1) is 10.1. The first kappa shape index (κ1) is 14.2. The van der Waals surface area contributed by atoms with E-state index in [1.807, 2.05) is 36.4 Å². The minimum absolute atomic E-state index is 0.0254. The van der Waals surface area contributed by atoms with Gasteiger partial charge in [-0.25, -0.2) is 0 Å². The summed E-state index contributed by atoms with van der Waals surface area (Å²) in [4.78, 5) is 25.0. The number of fused-ring (bicyclic) bond motifs is 2. The van der Waals surface area contributed by atoms with E-state index in [-0.39, 0.29) is 11.5 Å². The van der Waals surface area contributed by atoms with Crippen LogP contribution in [-0.2, 0) is 10.5 Å². The average Bonchev–Trinajstić information content (AvgIpc) is 2.63. The zero-order valence-corrected chi connectivity index (χ0v) is 12.7. The van der Waals surface area contributed by atoms with Gasteiger partial charge >= 0.3 is 5.97 Å². The molecule has 3 rings (SSSR count). The SMILES string of the molecule is O=C(O)CSc1ccc2c(c1)SCc1ccccc1C2=O. The number of aliphatic carboxylic acids is 1. The van der Waals surface area contributed by atoms with Crippen molar-refractivity contribution >= 4 is 35.3 Å². The Bertz CT molecular complexity index is 725. The van der Waals surface area contributed by atoms with Gasteiger partial charge in [0.05, 0.1) is 5.75 Å². The number of thioether (sulfide) groups is 2. The molecule has 1 aliphatic rings. The normalized spacial score (nSPS) is 13.2. The lowest BCUT2D eigenvalue weighted by Gasteiger charge is -2.06. The van der Waals surface area contributed by atoms with Gasteiger partial charge < -0.3 is 5.11 Å². The lowest BCUT2D eigenvalue weighted by Crippen LogP contribution is -2.03. The molecule has 0 atom stereocenters. The molecule has 106 valence electrons. The summed E-state index contributed by atoms with van der Waals surface area (Å²) in [5.74, 6) is -0.0222. The number of benzene rings is 2. The van der Waals surface area contributed by atoms with Crippen molar-refractivity contribution in [1.82, 2.24) is 0 Å². The molecule has 1 aliphatic heterocycles. The van der Waals surface area contributed by atoms with E-state index in [9.17, 15) is 9.59 Å². The molecule has 0 aliphatic carbocycles. The van der Waals surface area contributed by atoms with E-state index in [0.29, 0.717) is 5.56 Å². The maximum absolute atomic E-state index is 12.6. The van der Waals surface area contributed by atoms with E-state index in [4.69, 9.17) is 5.11 Å². The third-order valence-corrected chi connectivity index (χ3v) is 5.29. The van der Waals surface area contributed by atoms with Crippen LogP contribution < -0.4 is 0 Å². The number of hydrogen-bond donors (Lipinski definition) is 1. The van der Waals surface area contributed by atoms with Gasteiger partial charge in [-0.15, -0.1) is 23.5 Å². The zero-order chi connectivity index (χ0) is 14.8. The van der Waals surface area contributed by atoms with Gasteiger partial charge in [0, 0.05) is 26.7 Å². The predicted octanol–water partition coefficient (Wildman–Crippen LogP) is 3.70. The lowest BCUT2D eigenvalue weighted by atomic mass is 9.99. The molecule has 2 aromatic carbocycles. The Balaban J connectivity index is 1.95. The third kappa shape index (κ3) is 2.99. The highest BCUT2D eigenvalue weighted by atomic mass is 32.2. The zero-order valence-electron chi connectivity index (χ0n) is 11.0. The Labute approximate surface area is 130 Å². The average molecular weight is 316 g/mol. The Kier molecular flexibility index (Phi) is 4.03. The van der Waals surface area contributed by atoms with E-state index in [0.717, 1.165) is 26.7 Å². The summed E-state index contributed by atoms with van der Waals surface area (Å²) < 4.78 is 0. The highest BCUT2D eigenvalue weighted by molar-refractivity contribution is 8.00. The molecule has 3 nitrogen and oxygen atoms in total. The van der Waals surface area contributed by atoms with E-state index in [1.165, 1.54) is 11.8 Å². The van der Waals surface area contributed by atoms with Gasteiger partial charge in [0.15, 0.2) is 5.78 Å². The number of ketones is 1. The second kappa shape index (κ2) is 5.95. The molecule has 0 fully saturated rings. The minimum atomic E-state index is -0.842. The summed E-state index contributed by atoms with van der Waals surface area (Å²) in [6.45, 7) is 0. The van der Waals surface area contributed by atoms with Crippen LogP contribution in [0.25, 0.3) is 0 Å². The van der Waals surface area contributed by atoms with Gasteiger partial charge in [-0.2, -0.15) is 0 Å². The fourth-order valence-corrected chi connectivity index (χ4v) is 4.03. The maximum atomic E-state index is 12.6. The molecular weight excluding hydrogens is 304 g/mol. The number of hydrogen-bond acceptors (Lipinski definition) is 4. The molecular formula is C16H12O3S2. The second-order valence-electron chi connectivity index (χ2n) is 4.62. The molecule has 0 amide bonds. The monoisotopic (exact) mass is 316 g/mol. The van der Waals surface area contributed by atoms with Crippen molar-refractivity contribution < 1.29 is 14.7 Å². The summed E-state index contributed by atoms with van der Waals surface area (Å²) >= 11 is 2.89. The number of rotatable bonds is 3. The highest BCUT2D eigenvalue weighted by Gasteiger charge is 2.21. The molecule has 1 heterocycles. The quantitative estimate of drug-likeness (QED) is 0.875. The Morgan fingerprint density at radius 2 is 2.00 bits per heavy atom. The molecule has 0 bridgehead atoms. The van der Waals surface area contributed by atoms with Crippen molar-refractivity contribution in [1.29, 1.82) is 0 Å². The van der Waals surface area contributed by atoms with Crippen molar-refractivity contribution in [3.8, 4) is 0 Å². The summed E-state index contributed by atoms with van der Waals surface area (Å²) in [5.41, 5.74) is 2.50. The molecule has 0 saturated carbocycles. The molecule has 21 heavy (non-hydrogen) atoms. The second-order valence-corrected chi connectivity index (χ2v) is 6.68.